The van der Waals surface area contributed by atoms with E-state index >= 15 is 0 Å². The van der Waals surface area contributed by atoms with Crippen LogP contribution in [0.5, 0.6) is 0 Å². The molecule has 0 saturated heterocycles. The van der Waals surface area contributed by atoms with Crippen LogP contribution in [-0.2, 0) is 55.8 Å². The Bertz CT molecular complexity index is 2600. The number of aliphatic hydroxyl groups is 2. The number of aliphatic hydroxyl groups excluding tert-OH is 2. The summed E-state index contributed by atoms with van der Waals surface area (Å²) in [7, 11) is -9.79. The summed E-state index contributed by atoms with van der Waals surface area (Å²) in [6.45, 7) is 2.43. The molecule has 0 heterocycles. The van der Waals surface area contributed by atoms with E-state index in [1.165, 1.54) is 148 Å². The Hall–Kier alpha value is -4.57. The Morgan fingerprint density at radius 2 is 0.477 bits per heavy atom. The Balaban J connectivity index is 4.36. The average Bonchev–Trinajstić information content (AvgIpc) is 0.901. The lowest BCUT2D eigenvalue weighted by Crippen LogP contribution is -2.30. The van der Waals surface area contributed by atoms with E-state index in [4.69, 9.17) is 32.3 Å². The van der Waals surface area contributed by atoms with E-state index in [0.717, 1.165) is 161 Å². The van der Waals surface area contributed by atoms with Gasteiger partial charge in [-0.1, -0.05) is 359 Å². The van der Waals surface area contributed by atoms with Crippen LogP contribution >= 0.6 is 15.6 Å². The third-order valence-electron chi connectivity index (χ3n) is 18.5. The number of allylic oxidation sites excluding steroid dienone is 24. The highest BCUT2D eigenvalue weighted by atomic mass is 31.2. The van der Waals surface area contributed by atoms with Crippen LogP contribution in [0, 0.1) is 0 Å². The molecule has 0 spiro atoms. The molecule has 5 atom stereocenters. The van der Waals surface area contributed by atoms with Gasteiger partial charge in [-0.25, -0.2) is 9.13 Å². The zero-order chi connectivity index (χ0) is 80.8. The molecule has 0 aromatic heterocycles. The lowest BCUT2D eigenvalue weighted by atomic mass is 10.0. The number of carbonyl (C=O) groups excluding carboxylic acids is 3. The van der Waals surface area contributed by atoms with Gasteiger partial charge < -0.3 is 34.2 Å². The number of unbranched alkanes of at least 4 members (excludes halogenated alkanes) is 36. The van der Waals surface area contributed by atoms with E-state index in [1.807, 2.05) is 0 Å². The predicted molar refractivity (Wildman–Crippen MR) is 463 cm³/mol. The fourth-order valence-electron chi connectivity index (χ4n) is 11.9. The van der Waals surface area contributed by atoms with Gasteiger partial charge in [-0.05, 0) is 135 Å². The molecule has 0 aliphatic heterocycles. The van der Waals surface area contributed by atoms with Gasteiger partial charge in [0.1, 0.15) is 25.4 Å². The summed E-state index contributed by atoms with van der Waals surface area (Å²) < 4.78 is 61.2. The first-order chi connectivity index (χ1) is 54.2. The van der Waals surface area contributed by atoms with Crippen molar-refractivity contribution in [1.29, 1.82) is 0 Å². The SMILES string of the molecule is CC/C=C\C/C=C\C/C=C\C/C=C\C/C=C\C/C=C\CCCCCCCCCCCCCCC(=O)OCC(COP(=O)(O)OCC(O)COP(=O)(O)OCC(O)COC(=O)CCCCCCCCCCCCCCCCCCC/C=C\C/C=C\C/C=C\C/C=C\C/C=C\CC)OC(=O)CCCCCCC/C=C\CCCC. The van der Waals surface area contributed by atoms with Crippen molar-refractivity contribution < 1.29 is 75.8 Å². The molecule has 0 rings (SSSR count). The van der Waals surface area contributed by atoms with Gasteiger partial charge in [0.15, 0.2) is 6.10 Å². The third-order valence-corrected chi connectivity index (χ3v) is 20.4. The maximum atomic E-state index is 12.9. The summed E-state index contributed by atoms with van der Waals surface area (Å²) in [6, 6.07) is 0. The summed E-state index contributed by atoms with van der Waals surface area (Å²) in [5.41, 5.74) is 0. The minimum absolute atomic E-state index is 0.0926. The van der Waals surface area contributed by atoms with Crippen LogP contribution in [0.25, 0.3) is 0 Å². The van der Waals surface area contributed by atoms with E-state index in [0.29, 0.717) is 19.3 Å². The van der Waals surface area contributed by atoms with Crippen LogP contribution in [0.2, 0.25) is 0 Å². The van der Waals surface area contributed by atoms with Crippen molar-refractivity contribution >= 4 is 33.6 Å². The molecular formula is C93H160O16P2. The van der Waals surface area contributed by atoms with Gasteiger partial charge in [0.2, 0.25) is 0 Å². The third kappa shape index (κ3) is 86.1. The van der Waals surface area contributed by atoms with Crippen LogP contribution in [0.3, 0.4) is 0 Å². The molecule has 111 heavy (non-hydrogen) atoms. The van der Waals surface area contributed by atoms with Gasteiger partial charge in [-0.3, -0.25) is 32.5 Å². The molecule has 4 N–H and O–H groups in total. The fourth-order valence-corrected chi connectivity index (χ4v) is 13.5. The number of phosphoric ester groups is 2. The first kappa shape index (κ1) is 106. The zero-order valence-corrected chi connectivity index (χ0v) is 71.9. The molecule has 0 fully saturated rings. The second-order valence-electron chi connectivity index (χ2n) is 29.3. The normalized spacial score (nSPS) is 14.5. The monoisotopic (exact) mass is 1600 g/mol. The van der Waals surface area contributed by atoms with Crippen LogP contribution in [-0.4, -0.2) is 95.9 Å². The van der Waals surface area contributed by atoms with Crippen molar-refractivity contribution in [3.8, 4) is 0 Å². The van der Waals surface area contributed by atoms with Crippen molar-refractivity contribution in [2.45, 2.75) is 386 Å². The molecule has 638 valence electrons. The number of hydrogen-bond donors (Lipinski definition) is 4. The van der Waals surface area contributed by atoms with E-state index in [9.17, 15) is 43.5 Å². The van der Waals surface area contributed by atoms with E-state index < -0.39 is 91.5 Å². The highest BCUT2D eigenvalue weighted by molar-refractivity contribution is 7.47. The quantitative estimate of drug-likeness (QED) is 0.0146. The molecule has 0 aromatic carbocycles. The van der Waals surface area contributed by atoms with Gasteiger partial charge in [-0.15, -0.1) is 0 Å². The van der Waals surface area contributed by atoms with Crippen molar-refractivity contribution in [1.82, 2.24) is 0 Å². The number of ether oxygens (including phenoxy) is 3. The molecule has 0 bridgehead atoms. The summed E-state index contributed by atoms with van der Waals surface area (Å²) in [5.74, 6) is -1.58. The largest absolute Gasteiger partial charge is 0.472 e. The molecular weight excluding hydrogens is 1430 g/mol. The molecule has 16 nitrogen and oxygen atoms in total. The number of hydrogen-bond acceptors (Lipinski definition) is 14. The maximum Gasteiger partial charge on any atom is 0.472 e. The molecule has 0 aliphatic rings. The Kier molecular flexibility index (Phi) is 81.3. The van der Waals surface area contributed by atoms with Gasteiger partial charge >= 0.3 is 33.6 Å². The van der Waals surface area contributed by atoms with Crippen molar-refractivity contribution in [2.75, 3.05) is 39.6 Å². The summed E-state index contributed by atoms with van der Waals surface area (Å²) in [4.78, 5) is 58.7. The first-order valence-corrected chi connectivity index (χ1v) is 47.1. The summed E-state index contributed by atoms with van der Waals surface area (Å²) in [5, 5.41) is 20.7. The predicted octanol–water partition coefficient (Wildman–Crippen LogP) is 26.8. The van der Waals surface area contributed by atoms with Crippen LogP contribution < -0.4 is 0 Å². The second kappa shape index (κ2) is 84.8. The van der Waals surface area contributed by atoms with E-state index in [2.05, 4.69) is 167 Å². The number of rotatable bonds is 83. The summed E-state index contributed by atoms with van der Waals surface area (Å²) in [6.07, 6.45) is 106. The Labute approximate surface area is 677 Å². The van der Waals surface area contributed by atoms with E-state index in [-0.39, 0.29) is 19.3 Å². The molecule has 0 aliphatic carbocycles. The lowest BCUT2D eigenvalue weighted by molar-refractivity contribution is -0.161. The van der Waals surface area contributed by atoms with Gasteiger partial charge in [0.05, 0.1) is 26.4 Å². The molecule has 0 radical (unpaired) electrons. The first-order valence-electron chi connectivity index (χ1n) is 44.1. The van der Waals surface area contributed by atoms with Crippen LogP contribution in [0.15, 0.2) is 146 Å². The van der Waals surface area contributed by atoms with Gasteiger partial charge in [0.25, 0.3) is 0 Å². The Morgan fingerprint density at radius 3 is 0.766 bits per heavy atom. The topological polar surface area (TPSA) is 231 Å². The molecule has 0 saturated carbocycles. The maximum absolute atomic E-state index is 12.9. The molecule has 0 amide bonds. The number of phosphoric acid groups is 2. The second-order valence-corrected chi connectivity index (χ2v) is 32.2. The molecule has 5 unspecified atom stereocenters. The fraction of sp³-hybridized carbons (Fsp3) is 0.710. The minimum atomic E-state index is -4.93. The number of esters is 3. The zero-order valence-electron chi connectivity index (χ0n) is 70.1. The molecule has 18 heteroatoms. The van der Waals surface area contributed by atoms with Crippen molar-refractivity contribution in [3.05, 3.63) is 146 Å². The van der Waals surface area contributed by atoms with Gasteiger partial charge in [0, 0.05) is 19.3 Å². The summed E-state index contributed by atoms with van der Waals surface area (Å²) >= 11 is 0. The standard InChI is InChI=1S/C93H160O16P2/c1-4-7-10-13-16-19-22-24-26-28-30-32-34-36-38-40-42-43-45-47-48-50-52-54-56-58-60-62-65-67-70-73-76-79-91(96)103-82-88(94)83-105-110(99,100)106-84-89(95)85-107-111(101,102)108-87-90(109-93(98)81-78-75-72-69-64-21-18-15-12-9-6-3)86-104-92(97)80-77-74-71-68-66-63-61-59-57-55-53-51-49-46-44-41-39-37-35-33-31-29-27-25-23-20-17-14-11-8-5-2/h7-8,10-11,15-20,24-27,30-33,36-39,44,46,88-90,94-95H,4-6,9,12-14,21-23,28-29,34-35,40-43,45,47-87H2,1-3H3,(H,99,100)(H,101,102)/b10-7-,11-8-,18-15-,19-16-,20-17-,26-24-,27-25-,32-30-,33-31-,38-36-,39-37-,46-44-. The lowest BCUT2D eigenvalue weighted by Gasteiger charge is -2.21. The van der Waals surface area contributed by atoms with Crippen LogP contribution in [0.1, 0.15) is 367 Å². The van der Waals surface area contributed by atoms with Crippen molar-refractivity contribution in [3.63, 3.8) is 0 Å². The van der Waals surface area contributed by atoms with Crippen LogP contribution in [0.4, 0.5) is 0 Å². The number of carbonyl (C=O) groups is 3. The van der Waals surface area contributed by atoms with Gasteiger partial charge in [-0.2, -0.15) is 0 Å². The highest BCUT2D eigenvalue weighted by Crippen LogP contribution is 2.45. The Morgan fingerprint density at radius 1 is 0.261 bits per heavy atom. The molecule has 0 aromatic rings. The smallest absolute Gasteiger partial charge is 0.463 e. The highest BCUT2D eigenvalue weighted by Gasteiger charge is 2.29. The van der Waals surface area contributed by atoms with Crippen molar-refractivity contribution in [2.24, 2.45) is 0 Å². The minimum Gasteiger partial charge on any atom is -0.463 e. The average molecular weight is 1600 g/mol. The van der Waals surface area contributed by atoms with E-state index in [1.54, 1.807) is 0 Å².